The number of esters is 1. The highest BCUT2D eigenvalue weighted by atomic mass is 16.5. The summed E-state index contributed by atoms with van der Waals surface area (Å²) in [6.45, 7) is 9.59. The lowest BCUT2D eigenvalue weighted by atomic mass is 9.82. The molecule has 182 valence electrons. The van der Waals surface area contributed by atoms with Crippen molar-refractivity contribution < 1.29 is 19.4 Å². The van der Waals surface area contributed by atoms with Crippen LogP contribution in [0.15, 0.2) is 35.1 Å². The third-order valence-electron chi connectivity index (χ3n) is 5.63. The zero-order valence-corrected chi connectivity index (χ0v) is 20.6. The largest absolute Gasteiger partial charge is 0.478 e. The average Bonchev–Trinajstić information content (AvgIpc) is 2.77. The first kappa shape index (κ1) is 25.5. The highest BCUT2D eigenvalue weighted by Gasteiger charge is 2.27. The van der Waals surface area contributed by atoms with Gasteiger partial charge in [0.05, 0.1) is 23.0 Å². The Balaban J connectivity index is 2.09. The van der Waals surface area contributed by atoms with Gasteiger partial charge >= 0.3 is 11.9 Å². The van der Waals surface area contributed by atoms with Gasteiger partial charge in [0.1, 0.15) is 12.4 Å². The molecule has 8 nitrogen and oxygen atoms in total. The van der Waals surface area contributed by atoms with Gasteiger partial charge in [-0.1, -0.05) is 32.8 Å². The number of nitrogens with one attached hydrogen (secondary N) is 1. The van der Waals surface area contributed by atoms with E-state index in [2.05, 4.69) is 15.9 Å². The van der Waals surface area contributed by atoms with Crippen LogP contribution in [0.5, 0.6) is 0 Å². The minimum Gasteiger partial charge on any atom is -0.478 e. The number of carbonyl (C=O) groups is 2. The summed E-state index contributed by atoms with van der Waals surface area (Å²) in [6.07, 6.45) is 5.69. The minimum atomic E-state index is -0.999. The number of nitrogens with zero attached hydrogens (tertiary/aromatic N) is 2. The van der Waals surface area contributed by atoms with E-state index in [-0.39, 0.29) is 30.1 Å². The molecule has 0 aliphatic rings. The second-order valence-electron chi connectivity index (χ2n) is 9.40. The predicted molar refractivity (Wildman–Crippen MR) is 135 cm³/mol. The van der Waals surface area contributed by atoms with Gasteiger partial charge in [0, 0.05) is 19.2 Å². The van der Waals surface area contributed by atoms with Gasteiger partial charge in [-0.3, -0.25) is 9.59 Å². The maximum Gasteiger partial charge on any atom is 0.336 e. The number of hydrogen-bond acceptors (Lipinski definition) is 6. The van der Waals surface area contributed by atoms with Crippen LogP contribution in [0.1, 0.15) is 60.6 Å². The fraction of sp³-hybridized carbons (Fsp3) is 0.333. The first-order chi connectivity index (χ1) is 16.4. The van der Waals surface area contributed by atoms with Crippen LogP contribution in [0.4, 0.5) is 5.69 Å². The monoisotopic (exact) mass is 475 g/mol. The van der Waals surface area contributed by atoms with Crippen LogP contribution in [0, 0.1) is 19.3 Å². The molecule has 0 saturated heterocycles. The number of aromatic carboxylic acids is 1. The summed E-state index contributed by atoms with van der Waals surface area (Å²) in [5, 5.41) is 10.2. The van der Waals surface area contributed by atoms with Crippen molar-refractivity contribution >= 4 is 28.5 Å². The summed E-state index contributed by atoms with van der Waals surface area (Å²) < 4.78 is 4.94. The van der Waals surface area contributed by atoms with Crippen molar-refractivity contribution in [3.63, 3.8) is 0 Å². The number of carboxylic acid groups (broad SMARTS) is 1. The summed E-state index contributed by atoms with van der Waals surface area (Å²) >= 11 is 0. The van der Waals surface area contributed by atoms with Crippen LogP contribution < -0.4 is 10.5 Å². The number of fused-ring (bicyclic) bond motifs is 1. The number of carbonyl (C=O) groups excluding carboxylic acids is 1. The van der Waals surface area contributed by atoms with Gasteiger partial charge in [-0.15, -0.1) is 6.42 Å². The first-order valence-corrected chi connectivity index (χ1v) is 11.1. The van der Waals surface area contributed by atoms with Crippen LogP contribution >= 0.6 is 0 Å². The lowest BCUT2D eigenvalue weighted by molar-refractivity contribution is -0.142. The Morgan fingerprint density at radius 1 is 1.26 bits per heavy atom. The number of carboxylic acids is 1. The van der Waals surface area contributed by atoms with Gasteiger partial charge in [0.25, 0.3) is 5.56 Å². The lowest BCUT2D eigenvalue weighted by Crippen LogP contribution is -2.29. The smallest absolute Gasteiger partial charge is 0.336 e. The molecule has 0 atom stereocenters. The summed E-state index contributed by atoms with van der Waals surface area (Å²) in [7, 11) is 0. The fourth-order valence-corrected chi connectivity index (χ4v) is 4.10. The molecule has 3 rings (SSSR count). The molecule has 35 heavy (non-hydrogen) atoms. The number of anilines is 1. The first-order valence-electron chi connectivity index (χ1n) is 11.1. The summed E-state index contributed by atoms with van der Waals surface area (Å²) in [5.74, 6) is 1.47. The van der Waals surface area contributed by atoms with Crippen LogP contribution in [0.3, 0.4) is 0 Å². The van der Waals surface area contributed by atoms with E-state index >= 15 is 0 Å². The van der Waals surface area contributed by atoms with Gasteiger partial charge in [0.15, 0.2) is 0 Å². The standard InChI is InChI=1S/C27H29N3O5/c1-7-11-30(22-10-8-9-19(26(33)34)24(22)27(4,5)6)14-18-13-20-21(12-16(18)2)28-23(29-25(20)32)15-35-17(3)31/h1,8-10,12-13H,11,14-15H2,2-6H3,(H,33,34)(H,28,29,32). The molecule has 0 aliphatic heterocycles. The van der Waals surface area contributed by atoms with E-state index in [1.807, 2.05) is 44.7 Å². The molecule has 2 N–H and O–H groups in total. The number of benzene rings is 2. The molecule has 1 heterocycles. The Bertz CT molecular complexity index is 1390. The predicted octanol–water partition coefficient (Wildman–Crippen LogP) is 3.93. The van der Waals surface area contributed by atoms with Crippen molar-refractivity contribution in [2.45, 2.75) is 53.2 Å². The van der Waals surface area contributed by atoms with Gasteiger partial charge in [-0.2, -0.15) is 0 Å². The molecule has 0 spiro atoms. The molecule has 0 fully saturated rings. The van der Waals surface area contributed by atoms with E-state index in [1.165, 1.54) is 6.92 Å². The summed E-state index contributed by atoms with van der Waals surface area (Å²) in [6, 6.07) is 8.76. The Morgan fingerprint density at radius 2 is 1.97 bits per heavy atom. The minimum absolute atomic E-state index is 0.118. The van der Waals surface area contributed by atoms with Crippen molar-refractivity contribution in [3.8, 4) is 12.3 Å². The number of ether oxygens (including phenoxy) is 1. The molecule has 3 aromatic rings. The van der Waals surface area contributed by atoms with Gasteiger partial charge in [-0.05, 0) is 53.3 Å². The van der Waals surface area contributed by atoms with Crippen molar-refractivity contribution in [1.82, 2.24) is 9.97 Å². The SMILES string of the molecule is C#CCN(Cc1cc2c(=O)[nH]c(COC(C)=O)nc2cc1C)c1cccc(C(=O)O)c1C(C)(C)C. The Morgan fingerprint density at radius 3 is 2.57 bits per heavy atom. The quantitative estimate of drug-likeness (QED) is 0.393. The van der Waals surface area contributed by atoms with Gasteiger partial charge < -0.3 is 19.7 Å². The highest BCUT2D eigenvalue weighted by molar-refractivity contribution is 5.92. The number of H-pyrrole nitrogens is 1. The van der Waals surface area contributed by atoms with Crippen molar-refractivity contribution in [3.05, 3.63) is 68.8 Å². The molecular formula is C27H29N3O5. The van der Waals surface area contributed by atoms with E-state index in [4.69, 9.17) is 11.2 Å². The normalized spacial score (nSPS) is 11.2. The van der Waals surface area contributed by atoms with E-state index in [1.54, 1.807) is 18.2 Å². The fourth-order valence-electron chi connectivity index (χ4n) is 4.10. The third-order valence-corrected chi connectivity index (χ3v) is 5.63. The number of terminal acetylenes is 1. The summed E-state index contributed by atoms with van der Waals surface area (Å²) in [5.41, 5.74) is 3.10. The van der Waals surface area contributed by atoms with Gasteiger partial charge in [-0.25, -0.2) is 9.78 Å². The number of aromatic amines is 1. The maximum atomic E-state index is 12.7. The molecule has 0 bridgehead atoms. The van der Waals surface area contributed by atoms with Crippen molar-refractivity contribution in [1.29, 1.82) is 0 Å². The number of rotatable bonds is 7. The van der Waals surface area contributed by atoms with E-state index in [0.717, 1.165) is 16.8 Å². The molecule has 0 unspecified atom stereocenters. The van der Waals surface area contributed by atoms with Crippen molar-refractivity contribution in [2.24, 2.45) is 0 Å². The number of hydrogen-bond donors (Lipinski definition) is 2. The van der Waals surface area contributed by atoms with Crippen LogP contribution in [-0.4, -0.2) is 33.6 Å². The second kappa shape index (κ2) is 10.0. The van der Waals surface area contributed by atoms with Gasteiger partial charge in [0.2, 0.25) is 0 Å². The van der Waals surface area contributed by atoms with E-state index in [9.17, 15) is 19.5 Å². The van der Waals surface area contributed by atoms with Crippen LogP contribution in [0.2, 0.25) is 0 Å². The molecular weight excluding hydrogens is 446 g/mol. The van der Waals surface area contributed by atoms with E-state index in [0.29, 0.717) is 23.0 Å². The zero-order valence-electron chi connectivity index (χ0n) is 20.6. The molecule has 2 aromatic carbocycles. The molecule has 0 amide bonds. The lowest BCUT2D eigenvalue weighted by Gasteiger charge is -2.32. The third kappa shape index (κ3) is 5.69. The average molecular weight is 476 g/mol. The van der Waals surface area contributed by atoms with E-state index < -0.39 is 17.4 Å². The highest BCUT2D eigenvalue weighted by Crippen LogP contribution is 2.36. The van der Waals surface area contributed by atoms with Crippen LogP contribution in [-0.2, 0) is 28.1 Å². The Kier molecular flexibility index (Phi) is 7.30. The Hall–Kier alpha value is -4.12. The number of aryl methyl sites for hydroxylation is 1. The topological polar surface area (TPSA) is 113 Å². The molecule has 0 radical (unpaired) electrons. The second-order valence-corrected chi connectivity index (χ2v) is 9.40. The summed E-state index contributed by atoms with van der Waals surface area (Å²) in [4.78, 5) is 44.8. The molecule has 0 aliphatic carbocycles. The Labute approximate surface area is 204 Å². The molecule has 8 heteroatoms. The maximum absolute atomic E-state index is 12.7. The van der Waals surface area contributed by atoms with Crippen molar-refractivity contribution in [2.75, 3.05) is 11.4 Å². The van der Waals surface area contributed by atoms with Crippen LogP contribution in [0.25, 0.3) is 10.9 Å². The molecule has 0 saturated carbocycles. The number of aromatic nitrogens is 2. The zero-order chi connectivity index (χ0) is 25.9. The molecule has 1 aromatic heterocycles.